The van der Waals surface area contributed by atoms with E-state index in [1.807, 2.05) is 6.08 Å². The van der Waals surface area contributed by atoms with Crippen molar-refractivity contribution in [3.63, 3.8) is 0 Å². The van der Waals surface area contributed by atoms with E-state index >= 15 is 0 Å². The van der Waals surface area contributed by atoms with Gasteiger partial charge < -0.3 is 89.9 Å². The number of hydrogen-bond donors (Lipinski definition) is 12. The molecule has 3 fully saturated rings. The van der Waals surface area contributed by atoms with E-state index in [2.05, 4.69) is 43.5 Å². The fourth-order valence-electron chi connectivity index (χ4n) is 15.5. The van der Waals surface area contributed by atoms with Crippen LogP contribution in [0, 0.1) is 0 Å². The molecule has 1 amide bonds. The summed E-state index contributed by atoms with van der Waals surface area (Å²) in [4.78, 5) is 13.5. The van der Waals surface area contributed by atoms with E-state index < -0.39 is 124 Å². The maximum atomic E-state index is 13.5. The number of amides is 1. The summed E-state index contributed by atoms with van der Waals surface area (Å²) in [5.74, 6) is -0.281. The van der Waals surface area contributed by atoms with Gasteiger partial charge in [0.05, 0.1) is 38.6 Å². The Kier molecular flexibility index (Phi) is 64.3. The van der Waals surface area contributed by atoms with E-state index in [4.69, 9.17) is 28.4 Å². The van der Waals surface area contributed by atoms with E-state index in [1.54, 1.807) is 6.08 Å². The van der Waals surface area contributed by atoms with Crippen LogP contribution in [-0.2, 0) is 33.2 Å². The predicted octanol–water partition coefficient (Wildman–Crippen LogP) is 17.0. The average molecular weight is 1540 g/mol. The zero-order valence-corrected chi connectivity index (χ0v) is 68.6. The van der Waals surface area contributed by atoms with Crippen molar-refractivity contribution in [1.29, 1.82) is 0 Å². The van der Waals surface area contributed by atoms with Crippen LogP contribution in [0.4, 0.5) is 0 Å². The highest BCUT2D eigenvalue weighted by atomic mass is 16.8. The molecule has 108 heavy (non-hydrogen) atoms. The van der Waals surface area contributed by atoms with Crippen molar-refractivity contribution in [1.82, 2.24) is 5.32 Å². The molecule has 0 radical (unpaired) electrons. The second-order valence-corrected chi connectivity index (χ2v) is 32.4. The maximum absolute atomic E-state index is 13.5. The van der Waals surface area contributed by atoms with Crippen LogP contribution in [0.5, 0.6) is 0 Å². The van der Waals surface area contributed by atoms with Crippen molar-refractivity contribution >= 4 is 5.91 Å². The largest absolute Gasteiger partial charge is 0.394 e. The van der Waals surface area contributed by atoms with E-state index in [-0.39, 0.29) is 18.9 Å². The van der Waals surface area contributed by atoms with Gasteiger partial charge in [0.1, 0.15) is 73.2 Å². The quantitative estimate of drug-likeness (QED) is 0.0199. The van der Waals surface area contributed by atoms with Crippen molar-refractivity contribution in [2.24, 2.45) is 0 Å². The van der Waals surface area contributed by atoms with Crippen molar-refractivity contribution in [3.8, 4) is 0 Å². The highest BCUT2D eigenvalue weighted by Gasteiger charge is 2.54. The lowest BCUT2D eigenvalue weighted by molar-refractivity contribution is -0.379. The molecule has 12 N–H and O–H groups in total. The van der Waals surface area contributed by atoms with E-state index in [9.17, 15) is 61.0 Å². The topological polar surface area (TPSA) is 307 Å². The van der Waals surface area contributed by atoms with Crippen LogP contribution in [0.3, 0.4) is 0 Å². The van der Waals surface area contributed by atoms with Gasteiger partial charge in [-0.15, -0.1) is 0 Å². The highest BCUT2D eigenvalue weighted by molar-refractivity contribution is 5.76. The summed E-state index contributed by atoms with van der Waals surface area (Å²) < 4.78 is 34.5. The molecule has 3 rings (SSSR count). The van der Waals surface area contributed by atoms with Crippen LogP contribution in [0.15, 0.2) is 36.5 Å². The molecular weight excluding hydrogens is 1370 g/mol. The molecule has 3 heterocycles. The fourth-order valence-corrected chi connectivity index (χ4v) is 15.5. The number of nitrogens with one attached hydrogen (secondary N) is 1. The molecule has 636 valence electrons. The SMILES string of the molecule is CCCCCCCCCCCCCCCCC/C=C/CC/C=C/CC/C=C/C(O)C(COC1OC(CO)C(OC2OC(CO)C(OC3OC(CO)C(O)C(O)C3O)C(O)C2O)C(O)C1O)NC(=O)CCCCCCCCCCCCCCCCCCCCCCCCCCCCCCCCCCCCCCCC. The number of allylic oxidation sites excluding steroid dienone is 5. The van der Waals surface area contributed by atoms with Gasteiger partial charge in [0, 0.05) is 6.42 Å². The molecule has 0 bridgehead atoms. The number of unbranched alkanes of at least 4 members (excludes halogenated alkanes) is 54. The number of aliphatic hydroxyl groups excluding tert-OH is 11. The van der Waals surface area contributed by atoms with Crippen LogP contribution in [0.2, 0.25) is 0 Å². The molecule has 0 spiro atoms. The molecule has 0 saturated carbocycles. The number of ether oxygens (including phenoxy) is 6. The molecule has 3 aliphatic heterocycles. The Balaban J connectivity index is 1.32. The first-order valence-electron chi connectivity index (χ1n) is 45.2. The lowest BCUT2D eigenvalue weighted by atomic mass is 9.96. The number of aliphatic hydroxyl groups is 11. The Bertz CT molecular complexity index is 2090. The third-order valence-corrected chi connectivity index (χ3v) is 22.7. The van der Waals surface area contributed by atoms with Crippen LogP contribution < -0.4 is 5.32 Å². The van der Waals surface area contributed by atoms with Gasteiger partial charge in [0.2, 0.25) is 5.91 Å². The standard InChI is InChI=1S/C89H167NO18/c1-3-5-7-9-11-13-15-17-19-21-23-25-27-29-30-31-32-33-34-35-36-37-38-39-40-41-43-45-47-49-51-53-55-57-59-61-63-65-67-77(95)90-72(73(94)66-64-62-60-58-56-54-52-50-48-46-44-42-28-26-24-22-20-18-16-14-12-10-8-6-4-2)71-103-87-83(101)80(98)85(75(69-92)105-87)108-89-84(102)81(99)86(76(70-93)106-89)107-88-82(100)79(97)78(96)74(68-91)104-88/h48,50,56,58,64,66,72-76,78-89,91-94,96-102H,3-47,49,51-55,57,59-63,65,67-71H2,1-2H3,(H,90,95)/b50-48+,58-56+,66-64+. The van der Waals surface area contributed by atoms with Gasteiger partial charge in [-0.25, -0.2) is 0 Å². The minimum Gasteiger partial charge on any atom is -0.394 e. The van der Waals surface area contributed by atoms with Gasteiger partial charge in [0.15, 0.2) is 18.9 Å². The average Bonchev–Trinajstić information content (AvgIpc) is 0.780. The zero-order chi connectivity index (χ0) is 78.1. The van der Waals surface area contributed by atoms with E-state index in [0.717, 1.165) is 44.9 Å². The van der Waals surface area contributed by atoms with Gasteiger partial charge in [-0.1, -0.05) is 378 Å². The van der Waals surface area contributed by atoms with Crippen molar-refractivity contribution < 1.29 is 89.4 Å². The normalized spacial score (nSPS) is 25.5. The molecule has 0 aromatic rings. The summed E-state index contributed by atoms with van der Waals surface area (Å²) in [5, 5.41) is 121. The van der Waals surface area contributed by atoms with Crippen LogP contribution >= 0.6 is 0 Å². The molecule has 17 atom stereocenters. The molecule has 3 saturated heterocycles. The van der Waals surface area contributed by atoms with Gasteiger partial charge in [-0.3, -0.25) is 4.79 Å². The first kappa shape index (κ1) is 100. The van der Waals surface area contributed by atoms with Gasteiger partial charge >= 0.3 is 0 Å². The Morgan fingerprint density at radius 2 is 0.593 bits per heavy atom. The lowest BCUT2D eigenvalue weighted by Gasteiger charge is -2.48. The van der Waals surface area contributed by atoms with Crippen LogP contribution in [0.1, 0.15) is 393 Å². The minimum atomic E-state index is -1.98. The van der Waals surface area contributed by atoms with E-state index in [0.29, 0.717) is 12.8 Å². The molecule has 17 unspecified atom stereocenters. The maximum Gasteiger partial charge on any atom is 0.220 e. The third kappa shape index (κ3) is 47.8. The number of carbonyl (C=O) groups is 1. The second-order valence-electron chi connectivity index (χ2n) is 32.4. The van der Waals surface area contributed by atoms with Crippen molar-refractivity contribution in [2.45, 2.75) is 497 Å². The molecule has 0 aliphatic carbocycles. The van der Waals surface area contributed by atoms with Crippen LogP contribution in [0.25, 0.3) is 0 Å². The second kappa shape index (κ2) is 69.3. The summed E-state index contributed by atoms with van der Waals surface area (Å²) in [5.41, 5.74) is 0. The smallest absolute Gasteiger partial charge is 0.220 e. The summed E-state index contributed by atoms with van der Waals surface area (Å²) in [6.07, 6.45) is 61.8. The lowest BCUT2D eigenvalue weighted by Crippen LogP contribution is -2.66. The zero-order valence-electron chi connectivity index (χ0n) is 68.6. The van der Waals surface area contributed by atoms with Gasteiger partial charge in [-0.2, -0.15) is 0 Å². The summed E-state index contributed by atoms with van der Waals surface area (Å²) in [7, 11) is 0. The Hall–Kier alpha value is -1.99. The summed E-state index contributed by atoms with van der Waals surface area (Å²) in [6, 6.07) is -0.997. The highest BCUT2D eigenvalue weighted by Crippen LogP contribution is 2.34. The molecule has 0 aromatic carbocycles. The summed E-state index contributed by atoms with van der Waals surface area (Å²) >= 11 is 0. The molecule has 0 aromatic heterocycles. The first-order chi connectivity index (χ1) is 52.8. The molecule has 3 aliphatic rings. The van der Waals surface area contributed by atoms with Gasteiger partial charge in [0.25, 0.3) is 0 Å². The summed E-state index contributed by atoms with van der Waals surface area (Å²) in [6.45, 7) is 1.78. The first-order valence-corrected chi connectivity index (χ1v) is 45.2. The van der Waals surface area contributed by atoms with Crippen LogP contribution in [-0.4, -0.2) is 193 Å². The number of carbonyl (C=O) groups excluding carboxylic acids is 1. The van der Waals surface area contributed by atoms with E-state index in [1.165, 1.54) is 315 Å². The molecule has 19 nitrogen and oxygen atoms in total. The van der Waals surface area contributed by atoms with Gasteiger partial charge in [-0.05, 0) is 44.9 Å². The Morgan fingerprint density at radius 3 is 0.926 bits per heavy atom. The molecule has 19 heteroatoms. The van der Waals surface area contributed by atoms with Crippen molar-refractivity contribution in [3.05, 3.63) is 36.5 Å². The number of hydrogen-bond acceptors (Lipinski definition) is 18. The number of rotatable bonds is 74. The Morgan fingerprint density at radius 1 is 0.324 bits per heavy atom. The fraction of sp³-hybridized carbons (Fsp3) is 0.921. The minimum absolute atomic E-state index is 0.237. The molecular formula is C89H167NO18. The third-order valence-electron chi connectivity index (χ3n) is 22.7. The predicted molar refractivity (Wildman–Crippen MR) is 434 cm³/mol. The van der Waals surface area contributed by atoms with Crippen molar-refractivity contribution in [2.75, 3.05) is 26.4 Å². The monoisotopic (exact) mass is 1540 g/mol. The Labute approximate surface area is 657 Å².